The minimum Gasteiger partial charge on any atom is -0.508 e. The van der Waals surface area contributed by atoms with E-state index in [0.717, 1.165) is 30.8 Å². The molecular formula is C23H27NO2. The summed E-state index contributed by atoms with van der Waals surface area (Å²) in [7, 11) is 0. The number of ketones is 1. The Kier molecular flexibility index (Phi) is 5.07. The van der Waals surface area contributed by atoms with Crippen molar-refractivity contribution in [3.63, 3.8) is 0 Å². The second kappa shape index (κ2) is 7.63. The Morgan fingerprint density at radius 1 is 0.962 bits per heavy atom. The molecule has 136 valence electrons. The number of aromatic hydroxyl groups is 1. The van der Waals surface area contributed by atoms with Crippen molar-refractivity contribution in [2.75, 3.05) is 19.6 Å². The number of phenols is 1. The van der Waals surface area contributed by atoms with Crippen molar-refractivity contribution in [3.05, 3.63) is 65.7 Å². The summed E-state index contributed by atoms with van der Waals surface area (Å²) in [6, 6.07) is 17.4. The third-order valence-electron chi connectivity index (χ3n) is 6.16. The normalized spacial score (nSPS) is 25.3. The van der Waals surface area contributed by atoms with Gasteiger partial charge in [-0.05, 0) is 73.3 Å². The molecule has 1 aliphatic carbocycles. The number of hydrogen-bond acceptors (Lipinski definition) is 3. The number of likely N-dealkylation sites (tertiary alicyclic amines) is 1. The summed E-state index contributed by atoms with van der Waals surface area (Å²) in [5, 5.41) is 9.35. The predicted octanol–water partition coefficient (Wildman–Crippen LogP) is 4.17. The molecule has 3 nitrogen and oxygen atoms in total. The van der Waals surface area contributed by atoms with Crippen molar-refractivity contribution in [2.24, 2.45) is 17.8 Å². The van der Waals surface area contributed by atoms with E-state index in [1.54, 1.807) is 24.3 Å². The first-order valence-electron chi connectivity index (χ1n) is 9.76. The lowest BCUT2D eigenvalue weighted by molar-refractivity contribution is 0.0939. The first kappa shape index (κ1) is 17.3. The Morgan fingerprint density at radius 3 is 2.27 bits per heavy atom. The van der Waals surface area contributed by atoms with Crippen LogP contribution in [0.4, 0.5) is 0 Å². The molecule has 0 bridgehead atoms. The van der Waals surface area contributed by atoms with E-state index in [-0.39, 0.29) is 11.5 Å². The van der Waals surface area contributed by atoms with Gasteiger partial charge in [-0.3, -0.25) is 9.69 Å². The van der Waals surface area contributed by atoms with Gasteiger partial charge in [0.25, 0.3) is 0 Å². The number of hydrogen-bond donors (Lipinski definition) is 1. The number of nitrogens with zero attached hydrogens (tertiary/aromatic N) is 1. The second-order valence-electron chi connectivity index (χ2n) is 8.05. The fraction of sp³-hybridized carbons (Fsp3) is 0.435. The summed E-state index contributed by atoms with van der Waals surface area (Å²) in [4.78, 5) is 14.8. The van der Waals surface area contributed by atoms with Crippen LogP contribution in [0.1, 0.15) is 35.2 Å². The Labute approximate surface area is 155 Å². The molecule has 1 saturated carbocycles. The monoisotopic (exact) mass is 349 g/mol. The number of carbonyl (C=O) groups is 1. The molecule has 0 radical (unpaired) electrons. The van der Waals surface area contributed by atoms with Gasteiger partial charge in [-0.2, -0.15) is 0 Å². The standard InChI is InChI=1S/C23H27NO2/c25-22-10-8-19(9-11-22)23(26)16-24-14-20-12-18(13-21(20)15-24)7-6-17-4-2-1-3-5-17/h1-5,8-11,18,20-21,25H,6-7,12-16H2/t18?,20-,21+. The molecule has 3 atom stereocenters. The smallest absolute Gasteiger partial charge is 0.176 e. The molecule has 1 aliphatic heterocycles. The largest absolute Gasteiger partial charge is 0.508 e. The van der Waals surface area contributed by atoms with Gasteiger partial charge in [-0.1, -0.05) is 30.3 Å². The molecule has 3 heteroatoms. The molecule has 4 rings (SSSR count). The van der Waals surface area contributed by atoms with Crippen LogP contribution in [0.3, 0.4) is 0 Å². The average molecular weight is 349 g/mol. The summed E-state index contributed by atoms with van der Waals surface area (Å²) < 4.78 is 0. The van der Waals surface area contributed by atoms with Gasteiger partial charge in [-0.15, -0.1) is 0 Å². The number of aryl methyl sites for hydroxylation is 1. The fourth-order valence-corrected chi connectivity index (χ4v) is 4.84. The van der Waals surface area contributed by atoms with Crippen molar-refractivity contribution in [1.29, 1.82) is 0 Å². The Hall–Kier alpha value is -2.13. The molecule has 2 fully saturated rings. The molecule has 26 heavy (non-hydrogen) atoms. The van der Waals surface area contributed by atoms with Crippen molar-refractivity contribution in [1.82, 2.24) is 4.90 Å². The highest BCUT2D eigenvalue weighted by molar-refractivity contribution is 5.97. The summed E-state index contributed by atoms with van der Waals surface area (Å²) in [6.45, 7) is 2.64. The van der Waals surface area contributed by atoms with E-state index in [4.69, 9.17) is 0 Å². The Balaban J connectivity index is 1.24. The van der Waals surface area contributed by atoms with E-state index < -0.39 is 0 Å². The minimum atomic E-state index is 0.158. The molecule has 1 saturated heterocycles. The highest BCUT2D eigenvalue weighted by Gasteiger charge is 2.40. The van der Waals surface area contributed by atoms with Gasteiger partial charge in [0.1, 0.15) is 5.75 Å². The topological polar surface area (TPSA) is 40.5 Å². The molecule has 0 aromatic heterocycles. The molecule has 0 spiro atoms. The number of rotatable bonds is 6. The molecule has 1 N–H and O–H groups in total. The van der Waals surface area contributed by atoms with Crippen LogP contribution in [0.15, 0.2) is 54.6 Å². The van der Waals surface area contributed by atoms with Crippen LogP contribution >= 0.6 is 0 Å². The van der Waals surface area contributed by atoms with Crippen molar-refractivity contribution in [3.8, 4) is 5.75 Å². The summed E-state index contributed by atoms with van der Waals surface area (Å²) in [5.41, 5.74) is 2.14. The maximum Gasteiger partial charge on any atom is 0.176 e. The van der Waals surface area contributed by atoms with Crippen LogP contribution in [0.2, 0.25) is 0 Å². The van der Waals surface area contributed by atoms with Crippen LogP contribution in [0.25, 0.3) is 0 Å². The van der Waals surface area contributed by atoms with E-state index in [0.29, 0.717) is 12.1 Å². The minimum absolute atomic E-state index is 0.158. The first-order chi connectivity index (χ1) is 12.7. The van der Waals surface area contributed by atoms with Crippen LogP contribution < -0.4 is 0 Å². The molecule has 0 amide bonds. The maximum absolute atomic E-state index is 12.4. The van der Waals surface area contributed by atoms with Gasteiger partial charge in [0, 0.05) is 18.7 Å². The summed E-state index contributed by atoms with van der Waals surface area (Å²) >= 11 is 0. The molecule has 2 aromatic rings. The van der Waals surface area contributed by atoms with Crippen LogP contribution in [-0.4, -0.2) is 35.4 Å². The number of phenolic OH excluding ortho intramolecular Hbond substituents is 1. The fourth-order valence-electron chi connectivity index (χ4n) is 4.84. The predicted molar refractivity (Wildman–Crippen MR) is 103 cm³/mol. The van der Waals surface area contributed by atoms with Gasteiger partial charge in [0.2, 0.25) is 0 Å². The number of carbonyl (C=O) groups excluding carboxylic acids is 1. The average Bonchev–Trinajstić information content (AvgIpc) is 3.19. The number of benzene rings is 2. The molecular weight excluding hydrogens is 322 g/mol. The number of fused-ring (bicyclic) bond motifs is 1. The molecule has 2 aromatic carbocycles. The van der Waals surface area contributed by atoms with Gasteiger partial charge >= 0.3 is 0 Å². The lowest BCUT2D eigenvalue weighted by Gasteiger charge is -2.18. The van der Waals surface area contributed by atoms with Crippen molar-refractivity contribution in [2.45, 2.75) is 25.7 Å². The molecule has 1 heterocycles. The van der Waals surface area contributed by atoms with Crippen LogP contribution in [0, 0.1) is 17.8 Å². The quantitative estimate of drug-likeness (QED) is 0.796. The Morgan fingerprint density at radius 2 is 1.62 bits per heavy atom. The lowest BCUT2D eigenvalue weighted by Crippen LogP contribution is -2.29. The van der Waals surface area contributed by atoms with Crippen molar-refractivity contribution >= 4 is 5.78 Å². The van der Waals surface area contributed by atoms with Crippen LogP contribution in [-0.2, 0) is 6.42 Å². The second-order valence-corrected chi connectivity index (χ2v) is 8.05. The first-order valence-corrected chi connectivity index (χ1v) is 9.76. The van der Waals surface area contributed by atoms with E-state index in [9.17, 15) is 9.90 Å². The molecule has 2 aliphatic rings. The zero-order valence-corrected chi connectivity index (χ0v) is 15.2. The number of Topliss-reactive ketones (excluding diaryl/α,β-unsaturated/α-hetero) is 1. The maximum atomic E-state index is 12.4. The highest BCUT2D eigenvalue weighted by atomic mass is 16.3. The summed E-state index contributed by atoms with van der Waals surface area (Å²) in [5.74, 6) is 2.75. The van der Waals surface area contributed by atoms with E-state index in [2.05, 4.69) is 35.2 Å². The third-order valence-corrected chi connectivity index (χ3v) is 6.16. The van der Waals surface area contributed by atoms with Crippen molar-refractivity contribution < 1.29 is 9.90 Å². The van der Waals surface area contributed by atoms with E-state index in [1.165, 1.54) is 31.2 Å². The van der Waals surface area contributed by atoms with Gasteiger partial charge in [0.15, 0.2) is 5.78 Å². The van der Waals surface area contributed by atoms with Gasteiger partial charge in [-0.25, -0.2) is 0 Å². The lowest BCUT2D eigenvalue weighted by atomic mass is 9.96. The van der Waals surface area contributed by atoms with E-state index in [1.807, 2.05) is 0 Å². The zero-order chi connectivity index (χ0) is 17.9. The van der Waals surface area contributed by atoms with Gasteiger partial charge < -0.3 is 5.11 Å². The highest BCUT2D eigenvalue weighted by Crippen LogP contribution is 2.43. The van der Waals surface area contributed by atoms with Crippen LogP contribution in [0.5, 0.6) is 5.75 Å². The van der Waals surface area contributed by atoms with Gasteiger partial charge in [0.05, 0.1) is 6.54 Å². The molecule has 1 unspecified atom stereocenters. The zero-order valence-electron chi connectivity index (χ0n) is 15.2. The SMILES string of the molecule is O=C(CN1C[C@H]2CC(CCc3ccccc3)C[C@H]2C1)c1ccc(O)cc1. The Bertz CT molecular complexity index is 727. The van der Waals surface area contributed by atoms with E-state index >= 15 is 0 Å². The summed E-state index contributed by atoms with van der Waals surface area (Å²) in [6.07, 6.45) is 5.13. The third kappa shape index (κ3) is 3.99.